The molecular formula is C13H15ClO4. The fraction of sp³-hybridized carbons (Fsp3) is 0.846. The van der Waals surface area contributed by atoms with Gasteiger partial charge in [0, 0.05) is 6.42 Å². The molecule has 5 heteroatoms. The van der Waals surface area contributed by atoms with E-state index in [2.05, 4.69) is 0 Å². The summed E-state index contributed by atoms with van der Waals surface area (Å²) in [5.74, 6) is 0.103. The van der Waals surface area contributed by atoms with Gasteiger partial charge in [-0.05, 0) is 37.0 Å². The number of alkyl halides is 1. The zero-order valence-electron chi connectivity index (χ0n) is 9.99. The van der Waals surface area contributed by atoms with E-state index in [1.807, 2.05) is 0 Å². The van der Waals surface area contributed by atoms with E-state index in [4.69, 9.17) is 21.1 Å². The fourth-order valence-electron chi connectivity index (χ4n) is 5.05. The molecular weight excluding hydrogens is 256 g/mol. The molecule has 3 saturated carbocycles. The summed E-state index contributed by atoms with van der Waals surface area (Å²) < 4.78 is 11.1. The lowest BCUT2D eigenvalue weighted by Crippen LogP contribution is -2.59. The molecule has 98 valence electrons. The Morgan fingerprint density at radius 1 is 1.44 bits per heavy atom. The van der Waals surface area contributed by atoms with Gasteiger partial charge < -0.3 is 9.47 Å². The predicted molar refractivity (Wildman–Crippen MR) is 61.9 cm³/mol. The van der Waals surface area contributed by atoms with Crippen molar-refractivity contribution < 1.29 is 19.1 Å². The SMILES string of the molecule is O=C(CCl)OC12CC3CC4(C1)C(CC4C(=O)O3)C2. The summed E-state index contributed by atoms with van der Waals surface area (Å²) in [6, 6.07) is 0. The zero-order valence-corrected chi connectivity index (χ0v) is 10.7. The summed E-state index contributed by atoms with van der Waals surface area (Å²) in [7, 11) is 0. The Morgan fingerprint density at radius 3 is 3.06 bits per heavy atom. The molecule has 1 aliphatic heterocycles. The van der Waals surface area contributed by atoms with Crippen molar-refractivity contribution in [2.24, 2.45) is 17.3 Å². The Bertz CT molecular complexity index is 450. The van der Waals surface area contributed by atoms with Gasteiger partial charge in [0.25, 0.3) is 0 Å². The van der Waals surface area contributed by atoms with Crippen molar-refractivity contribution in [3.8, 4) is 0 Å². The highest BCUT2D eigenvalue weighted by atomic mass is 35.5. The third-order valence-corrected chi connectivity index (χ3v) is 5.73. The van der Waals surface area contributed by atoms with E-state index in [0.29, 0.717) is 12.3 Å². The number of carbonyl (C=O) groups excluding carboxylic acids is 2. The van der Waals surface area contributed by atoms with Crippen LogP contribution in [0.5, 0.6) is 0 Å². The molecule has 3 bridgehead atoms. The first-order valence-electron chi connectivity index (χ1n) is 6.55. The number of hydrogen-bond donors (Lipinski definition) is 0. The minimum Gasteiger partial charge on any atom is -0.462 e. The summed E-state index contributed by atoms with van der Waals surface area (Å²) in [6.07, 6.45) is 4.20. The van der Waals surface area contributed by atoms with Crippen LogP contribution in [0.4, 0.5) is 0 Å². The smallest absolute Gasteiger partial charge is 0.321 e. The molecule has 0 aromatic carbocycles. The molecule has 0 amide bonds. The topological polar surface area (TPSA) is 52.6 Å². The third kappa shape index (κ3) is 1.18. The van der Waals surface area contributed by atoms with Crippen LogP contribution >= 0.6 is 11.6 Å². The lowest BCUT2D eigenvalue weighted by atomic mass is 9.50. The van der Waals surface area contributed by atoms with Gasteiger partial charge in [-0.2, -0.15) is 0 Å². The van der Waals surface area contributed by atoms with Crippen LogP contribution in [-0.4, -0.2) is 29.5 Å². The third-order valence-electron chi connectivity index (χ3n) is 5.51. The van der Waals surface area contributed by atoms with Crippen LogP contribution in [0.1, 0.15) is 32.1 Å². The number of halogens is 1. The van der Waals surface area contributed by atoms with Gasteiger partial charge in [0.15, 0.2) is 0 Å². The number of esters is 2. The van der Waals surface area contributed by atoms with E-state index in [9.17, 15) is 9.59 Å². The number of rotatable bonds is 2. The molecule has 1 spiro atoms. The van der Waals surface area contributed by atoms with Crippen LogP contribution in [0.25, 0.3) is 0 Å². The van der Waals surface area contributed by atoms with E-state index < -0.39 is 5.60 Å². The quantitative estimate of drug-likeness (QED) is 0.565. The van der Waals surface area contributed by atoms with E-state index in [-0.39, 0.29) is 35.3 Å². The summed E-state index contributed by atoms with van der Waals surface area (Å²) in [5, 5.41) is 0. The number of hydrogen-bond acceptors (Lipinski definition) is 4. The minimum atomic E-state index is -0.408. The Kier molecular flexibility index (Phi) is 1.98. The minimum absolute atomic E-state index is 0.0262. The summed E-state index contributed by atoms with van der Waals surface area (Å²) in [4.78, 5) is 23.4. The molecule has 18 heavy (non-hydrogen) atoms. The van der Waals surface area contributed by atoms with Crippen molar-refractivity contribution in [2.45, 2.75) is 43.8 Å². The predicted octanol–water partition coefficient (Wildman–Crippen LogP) is 1.64. The highest BCUT2D eigenvalue weighted by Crippen LogP contribution is 2.72. The summed E-state index contributed by atoms with van der Waals surface area (Å²) in [6.45, 7) is 0. The molecule has 5 atom stereocenters. The molecule has 4 aliphatic rings. The molecule has 0 aromatic rings. The maximum atomic E-state index is 11.9. The average molecular weight is 271 g/mol. The Morgan fingerprint density at radius 2 is 2.28 bits per heavy atom. The molecule has 0 radical (unpaired) electrons. The van der Waals surface area contributed by atoms with Crippen LogP contribution in [0.15, 0.2) is 0 Å². The van der Waals surface area contributed by atoms with E-state index in [1.54, 1.807) is 0 Å². The lowest BCUT2D eigenvalue weighted by Gasteiger charge is -2.57. The monoisotopic (exact) mass is 270 g/mol. The summed E-state index contributed by atoms with van der Waals surface area (Å²) >= 11 is 5.53. The van der Waals surface area contributed by atoms with Gasteiger partial charge in [0.1, 0.15) is 17.6 Å². The van der Waals surface area contributed by atoms with Gasteiger partial charge in [-0.1, -0.05) is 0 Å². The Labute approximate surface area is 110 Å². The first kappa shape index (κ1) is 11.1. The second kappa shape index (κ2) is 3.21. The first-order valence-corrected chi connectivity index (χ1v) is 7.09. The summed E-state index contributed by atoms with van der Waals surface area (Å²) in [5.41, 5.74) is -0.333. The van der Waals surface area contributed by atoms with Crippen LogP contribution in [0.3, 0.4) is 0 Å². The van der Waals surface area contributed by atoms with Crippen LogP contribution < -0.4 is 0 Å². The van der Waals surface area contributed by atoms with Crippen LogP contribution in [-0.2, 0) is 19.1 Å². The van der Waals surface area contributed by atoms with E-state index in [1.165, 1.54) is 0 Å². The molecule has 0 N–H and O–H groups in total. The normalized spacial score (nSPS) is 51.4. The van der Waals surface area contributed by atoms with Crippen molar-refractivity contribution in [3.63, 3.8) is 0 Å². The van der Waals surface area contributed by atoms with Crippen molar-refractivity contribution in [1.29, 1.82) is 0 Å². The molecule has 5 unspecified atom stereocenters. The van der Waals surface area contributed by atoms with Gasteiger partial charge >= 0.3 is 11.9 Å². The Balaban J connectivity index is 1.67. The van der Waals surface area contributed by atoms with Crippen molar-refractivity contribution in [1.82, 2.24) is 0 Å². The molecule has 3 aliphatic carbocycles. The van der Waals surface area contributed by atoms with E-state index in [0.717, 1.165) is 25.7 Å². The number of carbonyl (C=O) groups is 2. The van der Waals surface area contributed by atoms with Crippen molar-refractivity contribution >= 4 is 23.5 Å². The molecule has 4 nitrogen and oxygen atoms in total. The molecule has 1 heterocycles. The Hall–Kier alpha value is -0.770. The van der Waals surface area contributed by atoms with Crippen LogP contribution in [0, 0.1) is 17.3 Å². The van der Waals surface area contributed by atoms with Crippen molar-refractivity contribution in [2.75, 3.05) is 5.88 Å². The number of fused-ring (bicyclic) bond motifs is 2. The van der Waals surface area contributed by atoms with Gasteiger partial charge in [-0.25, -0.2) is 0 Å². The van der Waals surface area contributed by atoms with Gasteiger partial charge in [-0.3, -0.25) is 9.59 Å². The molecule has 4 fully saturated rings. The number of ether oxygens (including phenoxy) is 2. The van der Waals surface area contributed by atoms with Crippen molar-refractivity contribution in [3.05, 3.63) is 0 Å². The maximum absolute atomic E-state index is 11.9. The van der Waals surface area contributed by atoms with E-state index >= 15 is 0 Å². The van der Waals surface area contributed by atoms with Gasteiger partial charge in [0.2, 0.25) is 0 Å². The van der Waals surface area contributed by atoms with Gasteiger partial charge in [0.05, 0.1) is 5.92 Å². The first-order chi connectivity index (χ1) is 8.57. The molecule has 0 aromatic heterocycles. The highest BCUT2D eigenvalue weighted by Gasteiger charge is 2.73. The maximum Gasteiger partial charge on any atom is 0.321 e. The largest absolute Gasteiger partial charge is 0.462 e. The second-order valence-electron chi connectivity index (χ2n) is 6.36. The second-order valence-corrected chi connectivity index (χ2v) is 6.62. The highest BCUT2D eigenvalue weighted by molar-refractivity contribution is 6.26. The molecule has 1 saturated heterocycles. The zero-order chi connectivity index (χ0) is 12.5. The average Bonchev–Trinajstić information content (AvgIpc) is 2.50. The lowest BCUT2D eigenvalue weighted by molar-refractivity contribution is -0.211. The fourth-order valence-corrected chi connectivity index (χ4v) is 5.10. The van der Waals surface area contributed by atoms with Gasteiger partial charge in [-0.15, -0.1) is 11.6 Å². The van der Waals surface area contributed by atoms with Crippen LogP contribution in [0.2, 0.25) is 0 Å². The molecule has 4 rings (SSSR count). The standard InChI is InChI=1S/C13H15ClO4/c14-5-10(15)18-12-2-7-1-9-11(16)17-8(3-12)4-13(7,9)6-12/h7-9H,1-6H2.